The molecule has 3 aromatic carbocycles. The quantitative estimate of drug-likeness (QED) is 0.216. The fourth-order valence-electron chi connectivity index (χ4n) is 3.66. The van der Waals surface area contributed by atoms with Gasteiger partial charge in [0, 0.05) is 5.56 Å². The van der Waals surface area contributed by atoms with E-state index in [4.69, 9.17) is 9.05 Å². The van der Waals surface area contributed by atoms with Gasteiger partial charge in [-0.3, -0.25) is 0 Å². The number of benzene rings is 3. The van der Waals surface area contributed by atoms with E-state index in [1.807, 2.05) is 72.8 Å². The van der Waals surface area contributed by atoms with Crippen LogP contribution in [-0.2, 0) is 6.42 Å². The fraction of sp³-hybridized carbons (Fsp3) is 0.333. The molecule has 0 amide bonds. The van der Waals surface area contributed by atoms with E-state index in [1.54, 1.807) is 0 Å². The van der Waals surface area contributed by atoms with Gasteiger partial charge in [0.15, 0.2) is 0 Å². The van der Waals surface area contributed by atoms with Crippen LogP contribution in [0.2, 0.25) is 0 Å². The van der Waals surface area contributed by atoms with Crippen LogP contribution in [0.1, 0.15) is 57.4 Å². The second-order valence-electron chi connectivity index (χ2n) is 7.76. The van der Waals surface area contributed by atoms with Crippen LogP contribution >= 0.6 is 8.60 Å². The summed E-state index contributed by atoms with van der Waals surface area (Å²) in [6.45, 7) is 2.25. The highest BCUT2D eigenvalue weighted by Gasteiger charge is 2.16. The Kier molecular flexibility index (Phi) is 9.89. The minimum Gasteiger partial charge on any atom is -0.418 e. The first-order valence-corrected chi connectivity index (χ1v) is 12.5. The summed E-state index contributed by atoms with van der Waals surface area (Å²) >= 11 is 0. The van der Waals surface area contributed by atoms with Crippen molar-refractivity contribution in [1.29, 1.82) is 0 Å². The van der Waals surface area contributed by atoms with Crippen molar-refractivity contribution in [3.63, 3.8) is 0 Å². The van der Waals surface area contributed by atoms with E-state index >= 15 is 0 Å². The molecule has 0 saturated carbocycles. The highest BCUT2D eigenvalue weighted by molar-refractivity contribution is 7.41. The topological polar surface area (TPSA) is 38.7 Å². The maximum absolute atomic E-state index is 10.6. The van der Waals surface area contributed by atoms with E-state index in [9.17, 15) is 4.89 Å². The van der Waals surface area contributed by atoms with Gasteiger partial charge in [0.2, 0.25) is 0 Å². The molecular weight excluding hydrogens is 403 g/mol. The van der Waals surface area contributed by atoms with Crippen molar-refractivity contribution in [2.45, 2.75) is 58.3 Å². The van der Waals surface area contributed by atoms with Gasteiger partial charge in [-0.25, -0.2) is 0 Å². The molecule has 0 saturated heterocycles. The van der Waals surface area contributed by atoms with Crippen LogP contribution in [0.5, 0.6) is 11.5 Å². The average molecular weight is 437 g/mol. The van der Waals surface area contributed by atoms with Crippen LogP contribution in [0, 0.1) is 0 Å². The second kappa shape index (κ2) is 13.1. The third kappa shape index (κ3) is 7.69. The Balaban J connectivity index is 1.56. The number of hydrogen-bond donors (Lipinski definition) is 1. The molecule has 164 valence electrons. The molecular formula is C27H33O3P. The normalized spacial score (nSPS) is 11.8. The molecule has 1 atom stereocenters. The lowest BCUT2D eigenvalue weighted by Crippen LogP contribution is -1.99. The molecule has 3 rings (SSSR count). The van der Waals surface area contributed by atoms with Gasteiger partial charge in [-0.1, -0.05) is 112 Å². The SMILES string of the molecule is CCCCCCCCCc1ccccc1OP(O)Oc1ccccc1-c1ccccc1. The van der Waals surface area contributed by atoms with Crippen LogP contribution in [0.3, 0.4) is 0 Å². The molecule has 0 radical (unpaired) electrons. The third-order valence-corrected chi connectivity index (χ3v) is 6.05. The molecule has 0 bridgehead atoms. The first-order chi connectivity index (χ1) is 15.3. The number of hydrogen-bond acceptors (Lipinski definition) is 3. The summed E-state index contributed by atoms with van der Waals surface area (Å²) in [6.07, 6.45) is 9.88. The Bertz CT molecular complexity index is 898. The van der Waals surface area contributed by atoms with Crippen LogP contribution < -0.4 is 9.05 Å². The van der Waals surface area contributed by atoms with Crippen LogP contribution in [-0.4, -0.2) is 4.89 Å². The van der Waals surface area contributed by atoms with Gasteiger partial charge in [-0.2, -0.15) is 0 Å². The van der Waals surface area contributed by atoms with Crippen molar-refractivity contribution in [3.8, 4) is 22.6 Å². The first-order valence-electron chi connectivity index (χ1n) is 11.3. The Labute approximate surface area is 188 Å². The number of aryl methyl sites for hydroxylation is 1. The van der Waals surface area contributed by atoms with Crippen LogP contribution in [0.15, 0.2) is 78.9 Å². The summed E-state index contributed by atoms with van der Waals surface area (Å²) in [7, 11) is -2.08. The van der Waals surface area contributed by atoms with Crippen molar-refractivity contribution in [2.75, 3.05) is 0 Å². The summed E-state index contributed by atoms with van der Waals surface area (Å²) in [5.41, 5.74) is 3.10. The van der Waals surface area contributed by atoms with E-state index in [1.165, 1.54) is 38.5 Å². The Hall–Kier alpha value is -2.35. The summed E-state index contributed by atoms with van der Waals surface area (Å²) in [5, 5.41) is 0. The minimum atomic E-state index is -2.08. The smallest absolute Gasteiger partial charge is 0.418 e. The van der Waals surface area contributed by atoms with Gasteiger partial charge in [0.25, 0.3) is 0 Å². The summed E-state index contributed by atoms with van der Waals surface area (Å²) in [5.74, 6) is 1.33. The van der Waals surface area contributed by atoms with Gasteiger partial charge < -0.3 is 13.9 Å². The standard InChI is InChI=1S/C27H33O3P/c1-2-3-4-5-6-7-9-18-24-19-12-14-21-26(24)29-31(28)30-27-22-15-13-20-25(27)23-16-10-8-11-17-23/h8,10-17,19-22,28H,2-7,9,18H2,1H3. The molecule has 0 aliphatic heterocycles. The maximum Gasteiger partial charge on any atom is 0.460 e. The Morgan fingerprint density at radius 1 is 0.645 bits per heavy atom. The van der Waals surface area contributed by atoms with Gasteiger partial charge in [-0.05, 0) is 36.1 Å². The molecule has 0 fully saturated rings. The predicted molar refractivity (Wildman–Crippen MR) is 130 cm³/mol. The lowest BCUT2D eigenvalue weighted by Gasteiger charge is -2.17. The molecule has 31 heavy (non-hydrogen) atoms. The summed E-state index contributed by atoms with van der Waals surface area (Å²) in [6, 6.07) is 25.7. The van der Waals surface area contributed by atoms with Crippen molar-refractivity contribution >= 4 is 8.60 Å². The zero-order valence-electron chi connectivity index (χ0n) is 18.4. The van der Waals surface area contributed by atoms with Crippen molar-refractivity contribution in [1.82, 2.24) is 0 Å². The zero-order valence-corrected chi connectivity index (χ0v) is 19.3. The minimum absolute atomic E-state index is 0.617. The molecule has 0 aliphatic rings. The molecule has 3 nitrogen and oxygen atoms in total. The molecule has 0 aliphatic carbocycles. The van der Waals surface area contributed by atoms with Gasteiger partial charge in [-0.15, -0.1) is 0 Å². The van der Waals surface area contributed by atoms with Crippen molar-refractivity contribution in [3.05, 3.63) is 84.4 Å². The monoisotopic (exact) mass is 436 g/mol. The lowest BCUT2D eigenvalue weighted by molar-refractivity contribution is 0.380. The highest BCUT2D eigenvalue weighted by atomic mass is 31.2. The molecule has 0 spiro atoms. The summed E-state index contributed by atoms with van der Waals surface area (Å²) < 4.78 is 11.7. The zero-order chi connectivity index (χ0) is 21.7. The van der Waals surface area contributed by atoms with Crippen molar-refractivity contribution in [2.24, 2.45) is 0 Å². The largest absolute Gasteiger partial charge is 0.460 e. The lowest BCUT2D eigenvalue weighted by atomic mass is 10.0. The van der Waals surface area contributed by atoms with E-state index < -0.39 is 8.60 Å². The third-order valence-electron chi connectivity index (χ3n) is 5.35. The second-order valence-corrected chi connectivity index (χ2v) is 8.60. The van der Waals surface area contributed by atoms with Gasteiger partial charge in [0.05, 0.1) is 0 Å². The fourth-order valence-corrected chi connectivity index (χ4v) is 4.37. The molecule has 1 N–H and O–H groups in total. The van der Waals surface area contributed by atoms with Crippen LogP contribution in [0.25, 0.3) is 11.1 Å². The predicted octanol–water partition coefficient (Wildman–Crippen LogP) is 8.32. The average Bonchev–Trinajstić information content (AvgIpc) is 2.80. The van der Waals surface area contributed by atoms with E-state index in [2.05, 4.69) is 13.0 Å². The Morgan fingerprint density at radius 3 is 2.00 bits per heavy atom. The van der Waals surface area contributed by atoms with Crippen molar-refractivity contribution < 1.29 is 13.9 Å². The first kappa shape index (κ1) is 23.3. The van der Waals surface area contributed by atoms with E-state index in [-0.39, 0.29) is 0 Å². The van der Waals surface area contributed by atoms with E-state index in [0.29, 0.717) is 11.5 Å². The molecule has 1 unspecified atom stereocenters. The summed E-state index contributed by atoms with van der Waals surface area (Å²) in [4.78, 5) is 10.6. The van der Waals surface area contributed by atoms with Gasteiger partial charge in [0.1, 0.15) is 11.5 Å². The molecule has 0 aromatic heterocycles. The highest BCUT2D eigenvalue weighted by Crippen LogP contribution is 2.41. The van der Waals surface area contributed by atoms with Gasteiger partial charge >= 0.3 is 8.60 Å². The maximum atomic E-state index is 10.6. The molecule has 4 heteroatoms. The van der Waals surface area contributed by atoms with Crippen LogP contribution in [0.4, 0.5) is 0 Å². The number of rotatable bonds is 13. The molecule has 0 heterocycles. The number of para-hydroxylation sites is 2. The Morgan fingerprint density at radius 2 is 1.23 bits per heavy atom. The number of unbranched alkanes of at least 4 members (excludes halogenated alkanes) is 6. The molecule has 3 aromatic rings. The van der Waals surface area contributed by atoms with E-state index in [0.717, 1.165) is 29.5 Å².